The number of ether oxygens (including phenoxy) is 3. The summed E-state index contributed by atoms with van der Waals surface area (Å²) in [6.07, 6.45) is 0.855. The van der Waals surface area contributed by atoms with Gasteiger partial charge in [0, 0.05) is 24.0 Å². The molecule has 1 aromatic carbocycles. The van der Waals surface area contributed by atoms with Crippen LogP contribution < -0.4 is 14.8 Å². The van der Waals surface area contributed by atoms with E-state index in [0.717, 1.165) is 6.42 Å². The van der Waals surface area contributed by atoms with Crippen LogP contribution in [-0.2, 0) is 9.53 Å². The maximum Gasteiger partial charge on any atom is 0.330 e. The first-order valence-electron chi connectivity index (χ1n) is 9.80. The number of carbonyl (C=O) groups is 2. The second kappa shape index (κ2) is 8.82. The van der Waals surface area contributed by atoms with E-state index >= 15 is 0 Å². The zero-order chi connectivity index (χ0) is 20.9. The van der Waals surface area contributed by atoms with Crippen LogP contribution in [-0.4, -0.2) is 48.4 Å². The van der Waals surface area contributed by atoms with Gasteiger partial charge in [0.1, 0.15) is 5.54 Å². The zero-order valence-corrected chi connectivity index (χ0v) is 17.3. The maximum atomic E-state index is 12.9. The van der Waals surface area contributed by atoms with Crippen molar-refractivity contribution < 1.29 is 28.9 Å². The van der Waals surface area contributed by atoms with Crippen LogP contribution in [0.2, 0.25) is 0 Å². The van der Waals surface area contributed by atoms with Gasteiger partial charge in [0.2, 0.25) is 0 Å². The molecule has 7 nitrogen and oxygen atoms in total. The number of carbonyl (C=O) groups excluding carboxylic acids is 1. The molecule has 0 heterocycles. The minimum Gasteiger partial charge on any atom is -0.490 e. The van der Waals surface area contributed by atoms with Crippen LogP contribution in [0.5, 0.6) is 11.5 Å². The molecule has 1 saturated carbocycles. The fourth-order valence-corrected chi connectivity index (χ4v) is 3.55. The number of carboxylic acids is 1. The first-order valence-corrected chi connectivity index (χ1v) is 9.80. The average molecular weight is 393 g/mol. The lowest BCUT2D eigenvalue weighted by atomic mass is 9.54. The molecule has 1 aliphatic carbocycles. The van der Waals surface area contributed by atoms with Crippen molar-refractivity contribution in [1.29, 1.82) is 0 Å². The molecule has 156 valence electrons. The van der Waals surface area contributed by atoms with E-state index in [9.17, 15) is 14.7 Å². The lowest BCUT2D eigenvalue weighted by Crippen LogP contribution is -2.76. The quantitative estimate of drug-likeness (QED) is 0.634. The highest BCUT2D eigenvalue weighted by atomic mass is 16.5. The smallest absolute Gasteiger partial charge is 0.330 e. The van der Waals surface area contributed by atoms with Crippen LogP contribution in [0.1, 0.15) is 57.8 Å². The third-order valence-electron chi connectivity index (χ3n) is 5.42. The molecule has 2 N–H and O–H groups in total. The standard InChI is InChI=1S/C21H31NO6/c1-6-11-28-15-10-9-14(12-16(15)26-7-2)18(23)22-21(19(24)25)13-17(27-8-3)20(21,4)5/h9-10,12,17H,6-8,11,13H2,1-5H3,(H,22,23)(H,24,25). The Bertz CT molecular complexity index is 717. The monoisotopic (exact) mass is 393 g/mol. The lowest BCUT2D eigenvalue weighted by molar-refractivity contribution is -0.190. The van der Waals surface area contributed by atoms with Crippen LogP contribution in [0.4, 0.5) is 0 Å². The molecule has 1 aliphatic rings. The first kappa shape index (κ1) is 22.0. The highest BCUT2D eigenvalue weighted by molar-refractivity contribution is 5.99. The molecule has 28 heavy (non-hydrogen) atoms. The summed E-state index contributed by atoms with van der Waals surface area (Å²) in [4.78, 5) is 24.9. The van der Waals surface area contributed by atoms with Crippen molar-refractivity contribution >= 4 is 11.9 Å². The van der Waals surface area contributed by atoms with Crippen molar-refractivity contribution in [2.45, 2.75) is 59.1 Å². The van der Waals surface area contributed by atoms with Gasteiger partial charge in [-0.25, -0.2) is 4.79 Å². The van der Waals surface area contributed by atoms with E-state index in [1.165, 1.54) is 0 Å². The third-order valence-corrected chi connectivity index (χ3v) is 5.42. The number of rotatable bonds is 10. The Labute approximate surface area is 166 Å². The van der Waals surface area contributed by atoms with E-state index in [0.29, 0.717) is 36.9 Å². The molecule has 1 aromatic rings. The number of nitrogens with one attached hydrogen (secondary N) is 1. The van der Waals surface area contributed by atoms with Gasteiger partial charge >= 0.3 is 5.97 Å². The van der Waals surface area contributed by atoms with E-state index in [4.69, 9.17) is 14.2 Å². The maximum absolute atomic E-state index is 12.9. The SMILES string of the molecule is CCCOc1ccc(C(=O)NC2(C(=O)O)CC(OCC)C2(C)C)cc1OCC. The van der Waals surface area contributed by atoms with Crippen molar-refractivity contribution in [2.75, 3.05) is 19.8 Å². The van der Waals surface area contributed by atoms with E-state index in [2.05, 4.69) is 5.32 Å². The summed E-state index contributed by atoms with van der Waals surface area (Å²) < 4.78 is 16.9. The molecular weight excluding hydrogens is 362 g/mol. The number of aliphatic carboxylic acids is 1. The Hall–Kier alpha value is -2.28. The normalized spacial score (nSPS) is 22.8. The summed E-state index contributed by atoms with van der Waals surface area (Å²) >= 11 is 0. The summed E-state index contributed by atoms with van der Waals surface area (Å²) in [6.45, 7) is 10.8. The fraction of sp³-hybridized carbons (Fsp3) is 0.619. The van der Waals surface area contributed by atoms with Gasteiger partial charge in [0.05, 0.1) is 19.3 Å². The number of benzene rings is 1. The topological polar surface area (TPSA) is 94.1 Å². The molecule has 7 heteroatoms. The zero-order valence-electron chi connectivity index (χ0n) is 17.3. The number of amides is 1. The molecule has 2 rings (SSSR count). The van der Waals surface area contributed by atoms with E-state index in [-0.39, 0.29) is 12.5 Å². The number of hydrogen-bond donors (Lipinski definition) is 2. The molecule has 2 atom stereocenters. The molecule has 0 saturated heterocycles. The molecule has 0 aliphatic heterocycles. The average Bonchev–Trinajstić information content (AvgIpc) is 2.65. The summed E-state index contributed by atoms with van der Waals surface area (Å²) in [6, 6.07) is 4.88. The van der Waals surface area contributed by atoms with Crippen LogP contribution >= 0.6 is 0 Å². The minimum atomic E-state index is -1.38. The Morgan fingerprint density at radius 3 is 2.39 bits per heavy atom. The number of carboxylic acid groups (broad SMARTS) is 1. The van der Waals surface area contributed by atoms with Crippen molar-refractivity contribution in [1.82, 2.24) is 5.32 Å². The molecule has 0 bridgehead atoms. The van der Waals surface area contributed by atoms with Gasteiger partial charge in [0.25, 0.3) is 5.91 Å². The summed E-state index contributed by atoms with van der Waals surface area (Å²) in [5, 5.41) is 12.6. The highest BCUT2D eigenvalue weighted by Crippen LogP contribution is 2.51. The van der Waals surface area contributed by atoms with Gasteiger partial charge in [-0.3, -0.25) is 4.79 Å². The number of hydrogen-bond acceptors (Lipinski definition) is 5. The van der Waals surface area contributed by atoms with Crippen LogP contribution in [0.15, 0.2) is 18.2 Å². The van der Waals surface area contributed by atoms with Gasteiger partial charge in [-0.2, -0.15) is 0 Å². The molecular formula is C21H31NO6. The van der Waals surface area contributed by atoms with Gasteiger partial charge in [0.15, 0.2) is 11.5 Å². The van der Waals surface area contributed by atoms with E-state index in [1.807, 2.05) is 20.8 Å². The Morgan fingerprint density at radius 2 is 1.86 bits per heavy atom. The Balaban J connectivity index is 2.25. The van der Waals surface area contributed by atoms with Gasteiger partial charge in [-0.15, -0.1) is 0 Å². The molecule has 1 amide bonds. The van der Waals surface area contributed by atoms with Gasteiger partial charge in [-0.05, 0) is 38.5 Å². The van der Waals surface area contributed by atoms with E-state index < -0.39 is 22.8 Å². The Morgan fingerprint density at radius 1 is 1.14 bits per heavy atom. The summed E-state index contributed by atoms with van der Waals surface area (Å²) in [7, 11) is 0. The van der Waals surface area contributed by atoms with Gasteiger partial charge < -0.3 is 24.6 Å². The predicted octanol–water partition coefficient (Wildman–Crippen LogP) is 3.26. The first-order chi connectivity index (χ1) is 13.2. The summed E-state index contributed by atoms with van der Waals surface area (Å²) in [5.74, 6) is -0.496. The minimum absolute atomic E-state index is 0.224. The third kappa shape index (κ3) is 3.94. The van der Waals surface area contributed by atoms with Crippen molar-refractivity contribution in [3.8, 4) is 11.5 Å². The lowest BCUT2D eigenvalue weighted by Gasteiger charge is -2.58. The second-order valence-electron chi connectivity index (χ2n) is 7.48. The highest BCUT2D eigenvalue weighted by Gasteiger charge is 2.66. The fourth-order valence-electron chi connectivity index (χ4n) is 3.55. The van der Waals surface area contributed by atoms with Crippen LogP contribution in [0.25, 0.3) is 0 Å². The van der Waals surface area contributed by atoms with E-state index in [1.54, 1.807) is 32.0 Å². The molecule has 2 unspecified atom stereocenters. The second-order valence-corrected chi connectivity index (χ2v) is 7.48. The molecule has 1 fully saturated rings. The van der Waals surface area contributed by atoms with Crippen LogP contribution in [0, 0.1) is 5.41 Å². The Kier molecular flexibility index (Phi) is 6.93. The largest absolute Gasteiger partial charge is 0.490 e. The molecule has 0 aromatic heterocycles. The predicted molar refractivity (Wildman–Crippen MR) is 105 cm³/mol. The van der Waals surface area contributed by atoms with Crippen molar-refractivity contribution in [3.63, 3.8) is 0 Å². The van der Waals surface area contributed by atoms with Crippen molar-refractivity contribution in [2.24, 2.45) is 5.41 Å². The van der Waals surface area contributed by atoms with Gasteiger partial charge in [-0.1, -0.05) is 20.8 Å². The molecule has 0 spiro atoms. The summed E-state index contributed by atoms with van der Waals surface area (Å²) in [5.41, 5.74) is -1.80. The van der Waals surface area contributed by atoms with Crippen molar-refractivity contribution in [3.05, 3.63) is 23.8 Å². The van der Waals surface area contributed by atoms with Crippen LogP contribution in [0.3, 0.4) is 0 Å². The molecule has 0 radical (unpaired) electrons.